The van der Waals surface area contributed by atoms with Gasteiger partial charge in [0.15, 0.2) is 5.16 Å². The summed E-state index contributed by atoms with van der Waals surface area (Å²) in [7, 11) is 0. The summed E-state index contributed by atoms with van der Waals surface area (Å²) < 4.78 is 3.40. The molecule has 0 aliphatic carbocycles. The number of fused-ring (bicyclic) bond motifs is 3. The van der Waals surface area contributed by atoms with E-state index in [2.05, 4.69) is 21.6 Å². The summed E-state index contributed by atoms with van der Waals surface area (Å²) in [5.74, 6) is 0.0525. The van der Waals surface area contributed by atoms with Crippen LogP contribution in [0.4, 0.5) is 0 Å². The minimum Gasteiger partial charge on any atom is -0.337 e. The van der Waals surface area contributed by atoms with Gasteiger partial charge in [-0.15, -0.1) is 10.2 Å². The second kappa shape index (κ2) is 9.19. The Morgan fingerprint density at radius 3 is 2.51 bits per heavy atom. The van der Waals surface area contributed by atoms with Crippen molar-refractivity contribution in [3.63, 3.8) is 0 Å². The van der Waals surface area contributed by atoms with Gasteiger partial charge < -0.3 is 5.32 Å². The predicted octanol–water partition coefficient (Wildman–Crippen LogP) is 4.19. The lowest BCUT2D eigenvalue weighted by Gasteiger charge is -2.28. The van der Waals surface area contributed by atoms with E-state index in [1.165, 1.54) is 11.8 Å². The van der Waals surface area contributed by atoms with Crippen LogP contribution in [0.15, 0.2) is 52.4 Å². The van der Waals surface area contributed by atoms with Crippen LogP contribution in [0.2, 0.25) is 0 Å². The highest BCUT2D eigenvalue weighted by Gasteiger charge is 2.32. The Labute approximate surface area is 208 Å². The molecule has 8 nitrogen and oxygen atoms in total. The number of carbonyl (C=O) groups is 1. The normalized spacial score (nSPS) is 14.1. The number of aryl methyl sites for hydroxylation is 1. The molecule has 0 bridgehead atoms. The van der Waals surface area contributed by atoms with E-state index in [1.807, 2.05) is 68.5 Å². The first kappa shape index (κ1) is 24.5. The monoisotopic (exact) mass is 488 g/mol. The van der Waals surface area contributed by atoms with E-state index in [0.29, 0.717) is 21.8 Å². The highest BCUT2D eigenvalue weighted by Crippen LogP contribution is 2.28. The van der Waals surface area contributed by atoms with E-state index >= 15 is 0 Å². The standard InChI is InChI=1S/C26H28N6O2S/c1-15(2)26(6,14-27)28-22(33)18(5)35-25-30-29-24-31(20-13-9-10-16(3)17(20)4)23(34)19-11-7-8-12-21(19)32(24)25/h7-13,15,18H,1-6H3,(H,28,33). The Kier molecular flexibility index (Phi) is 6.43. The molecule has 0 aliphatic rings. The van der Waals surface area contributed by atoms with Crippen molar-refractivity contribution in [2.24, 2.45) is 5.92 Å². The van der Waals surface area contributed by atoms with Gasteiger partial charge in [-0.25, -0.2) is 4.57 Å². The summed E-state index contributed by atoms with van der Waals surface area (Å²) >= 11 is 1.24. The zero-order chi connectivity index (χ0) is 25.5. The highest BCUT2D eigenvalue weighted by atomic mass is 32.2. The number of nitriles is 1. The third-order valence-electron chi connectivity index (χ3n) is 6.63. The first-order valence-electron chi connectivity index (χ1n) is 11.4. The van der Waals surface area contributed by atoms with Gasteiger partial charge in [-0.1, -0.05) is 49.9 Å². The molecule has 35 heavy (non-hydrogen) atoms. The molecule has 0 spiro atoms. The fraction of sp³-hybridized carbons (Fsp3) is 0.346. The number of carbonyl (C=O) groups excluding carboxylic acids is 1. The van der Waals surface area contributed by atoms with Gasteiger partial charge in [-0.05, 0) is 62.9 Å². The Morgan fingerprint density at radius 1 is 1.11 bits per heavy atom. The van der Waals surface area contributed by atoms with Crippen molar-refractivity contribution >= 4 is 34.3 Å². The van der Waals surface area contributed by atoms with Gasteiger partial charge in [-0.2, -0.15) is 5.26 Å². The molecule has 9 heteroatoms. The van der Waals surface area contributed by atoms with E-state index in [1.54, 1.807) is 24.5 Å². The van der Waals surface area contributed by atoms with Crippen LogP contribution in [-0.4, -0.2) is 35.9 Å². The Bertz CT molecular complexity index is 1550. The molecule has 180 valence electrons. The lowest BCUT2D eigenvalue weighted by atomic mass is 9.90. The number of hydrogen-bond acceptors (Lipinski definition) is 6. The van der Waals surface area contributed by atoms with Crippen molar-refractivity contribution in [3.8, 4) is 11.8 Å². The molecule has 4 aromatic rings. The lowest BCUT2D eigenvalue weighted by molar-refractivity contribution is -0.121. The van der Waals surface area contributed by atoms with Gasteiger partial charge in [0.25, 0.3) is 5.56 Å². The Balaban J connectivity index is 1.86. The van der Waals surface area contributed by atoms with Gasteiger partial charge in [-0.3, -0.25) is 14.0 Å². The third-order valence-corrected chi connectivity index (χ3v) is 7.68. The molecule has 2 aromatic carbocycles. The topological polar surface area (TPSA) is 105 Å². The summed E-state index contributed by atoms with van der Waals surface area (Å²) in [5, 5.41) is 21.7. The van der Waals surface area contributed by atoms with Crippen LogP contribution in [-0.2, 0) is 4.79 Å². The molecule has 0 saturated carbocycles. The van der Waals surface area contributed by atoms with Gasteiger partial charge >= 0.3 is 0 Å². The average Bonchev–Trinajstić information content (AvgIpc) is 3.24. The van der Waals surface area contributed by atoms with E-state index in [9.17, 15) is 14.9 Å². The summed E-state index contributed by atoms with van der Waals surface area (Å²) in [6, 6.07) is 15.3. The molecule has 2 unspecified atom stereocenters. The van der Waals surface area contributed by atoms with Crippen molar-refractivity contribution in [1.29, 1.82) is 5.26 Å². The van der Waals surface area contributed by atoms with Crippen LogP contribution in [0.3, 0.4) is 0 Å². The summed E-state index contributed by atoms with van der Waals surface area (Å²) in [6.45, 7) is 11.2. The maximum atomic E-state index is 13.6. The molecular weight excluding hydrogens is 460 g/mol. The molecule has 1 amide bonds. The molecule has 2 heterocycles. The van der Waals surface area contributed by atoms with Crippen molar-refractivity contribution in [3.05, 3.63) is 63.9 Å². The highest BCUT2D eigenvalue weighted by molar-refractivity contribution is 8.00. The first-order valence-corrected chi connectivity index (χ1v) is 12.3. The molecule has 0 fully saturated rings. The molecule has 0 radical (unpaired) electrons. The number of para-hydroxylation sites is 1. The molecule has 0 aliphatic heterocycles. The van der Waals surface area contributed by atoms with Crippen LogP contribution in [0.25, 0.3) is 22.4 Å². The van der Waals surface area contributed by atoms with Gasteiger partial charge in [0, 0.05) is 0 Å². The fourth-order valence-corrected chi connectivity index (χ4v) is 4.68. The van der Waals surface area contributed by atoms with Gasteiger partial charge in [0.05, 0.1) is 27.9 Å². The van der Waals surface area contributed by atoms with Crippen LogP contribution in [0.1, 0.15) is 38.8 Å². The van der Waals surface area contributed by atoms with E-state index in [-0.39, 0.29) is 17.4 Å². The summed E-state index contributed by atoms with van der Waals surface area (Å²) in [5.41, 5.74) is 2.28. The quantitative estimate of drug-likeness (QED) is 0.408. The Morgan fingerprint density at radius 2 is 1.83 bits per heavy atom. The molecule has 1 N–H and O–H groups in total. The minimum atomic E-state index is -0.977. The summed E-state index contributed by atoms with van der Waals surface area (Å²) in [6.07, 6.45) is 0. The fourth-order valence-electron chi connectivity index (χ4n) is 3.82. The van der Waals surface area contributed by atoms with Crippen LogP contribution < -0.4 is 10.9 Å². The number of amides is 1. The van der Waals surface area contributed by atoms with Crippen molar-refractivity contribution in [2.75, 3.05) is 0 Å². The molecule has 4 rings (SSSR count). The third kappa shape index (κ3) is 4.19. The predicted molar refractivity (Wildman–Crippen MR) is 138 cm³/mol. The number of nitrogens with zero attached hydrogens (tertiary/aromatic N) is 5. The number of benzene rings is 2. The first-order chi connectivity index (χ1) is 16.6. The van der Waals surface area contributed by atoms with Crippen molar-refractivity contribution in [1.82, 2.24) is 24.5 Å². The smallest absolute Gasteiger partial charge is 0.267 e. The van der Waals surface area contributed by atoms with Gasteiger partial charge in [0.1, 0.15) is 5.54 Å². The number of nitrogens with one attached hydrogen (secondary N) is 1. The minimum absolute atomic E-state index is 0.0569. The maximum Gasteiger partial charge on any atom is 0.267 e. The molecule has 2 atom stereocenters. The van der Waals surface area contributed by atoms with Crippen LogP contribution >= 0.6 is 11.8 Å². The van der Waals surface area contributed by atoms with Crippen LogP contribution in [0, 0.1) is 31.1 Å². The zero-order valence-corrected chi connectivity index (χ0v) is 21.5. The van der Waals surface area contributed by atoms with Crippen molar-refractivity contribution < 1.29 is 4.79 Å². The number of rotatable bonds is 6. The van der Waals surface area contributed by atoms with Crippen molar-refractivity contribution in [2.45, 2.75) is 57.5 Å². The molecule has 0 saturated heterocycles. The number of thioether (sulfide) groups is 1. The van der Waals surface area contributed by atoms with E-state index in [0.717, 1.165) is 16.8 Å². The lowest BCUT2D eigenvalue weighted by Crippen LogP contribution is -2.51. The van der Waals surface area contributed by atoms with Crippen LogP contribution in [0.5, 0.6) is 0 Å². The second-order valence-electron chi connectivity index (χ2n) is 9.21. The average molecular weight is 489 g/mol. The Hall–Kier alpha value is -3.64. The number of aromatic nitrogens is 4. The summed E-state index contributed by atoms with van der Waals surface area (Å²) in [4.78, 5) is 26.6. The molecular formula is C26H28N6O2S. The maximum absolute atomic E-state index is 13.6. The van der Waals surface area contributed by atoms with E-state index in [4.69, 9.17) is 0 Å². The zero-order valence-electron chi connectivity index (χ0n) is 20.7. The largest absolute Gasteiger partial charge is 0.337 e. The SMILES string of the molecule is Cc1cccc(-n2c(=O)c3ccccc3n3c(SC(C)C(=O)NC(C)(C#N)C(C)C)nnc23)c1C. The second-order valence-corrected chi connectivity index (χ2v) is 10.5. The van der Waals surface area contributed by atoms with Gasteiger partial charge in [0.2, 0.25) is 11.7 Å². The molecule has 2 aromatic heterocycles. The van der Waals surface area contributed by atoms with E-state index < -0.39 is 10.8 Å². The number of hydrogen-bond donors (Lipinski definition) is 1.